The number of benzene rings is 1. The molecule has 1 unspecified atom stereocenters. The van der Waals surface area contributed by atoms with Crippen LogP contribution in [-0.4, -0.2) is 57.7 Å². The molecule has 2 rings (SSSR count). The Bertz CT molecular complexity index is 433. The van der Waals surface area contributed by atoms with Gasteiger partial charge in [0.2, 0.25) is 5.91 Å². The fourth-order valence-corrected chi connectivity index (χ4v) is 2.35. The van der Waals surface area contributed by atoms with Crippen molar-refractivity contribution in [2.75, 3.05) is 45.7 Å². The number of amides is 1. The second-order valence-electron chi connectivity index (χ2n) is 4.75. The first-order valence-corrected chi connectivity index (χ1v) is 6.46. The van der Waals surface area contributed by atoms with Gasteiger partial charge in [0.05, 0.1) is 7.11 Å². The van der Waals surface area contributed by atoms with Crippen molar-refractivity contribution >= 4 is 11.6 Å². The summed E-state index contributed by atoms with van der Waals surface area (Å²) in [5.41, 5.74) is 1.13. The Morgan fingerprint density at radius 3 is 2.58 bits per heavy atom. The summed E-state index contributed by atoms with van der Waals surface area (Å²) >= 11 is 0. The van der Waals surface area contributed by atoms with Crippen LogP contribution >= 0.6 is 0 Å². The van der Waals surface area contributed by atoms with Crippen LogP contribution in [0.2, 0.25) is 0 Å². The van der Waals surface area contributed by atoms with Gasteiger partial charge >= 0.3 is 0 Å². The van der Waals surface area contributed by atoms with Gasteiger partial charge < -0.3 is 15.0 Å². The van der Waals surface area contributed by atoms with E-state index < -0.39 is 0 Å². The number of ether oxygens (including phenoxy) is 1. The summed E-state index contributed by atoms with van der Waals surface area (Å²) in [7, 11) is 5.33. The van der Waals surface area contributed by atoms with Crippen LogP contribution in [0, 0.1) is 0 Å². The molecule has 0 bridgehead atoms. The summed E-state index contributed by atoms with van der Waals surface area (Å²) in [6.07, 6.45) is 0. The van der Waals surface area contributed by atoms with Crippen molar-refractivity contribution in [1.82, 2.24) is 10.2 Å². The first-order chi connectivity index (χ1) is 9.15. The van der Waals surface area contributed by atoms with Crippen LogP contribution in [0.3, 0.4) is 0 Å². The van der Waals surface area contributed by atoms with Crippen LogP contribution in [0.15, 0.2) is 24.3 Å². The average Bonchev–Trinajstić information content (AvgIpc) is 2.47. The molecule has 1 saturated heterocycles. The molecule has 1 heterocycles. The number of nitrogens with zero attached hydrogens (tertiary/aromatic N) is 2. The normalized spacial score (nSPS) is 20.2. The molecule has 1 atom stereocenters. The van der Waals surface area contributed by atoms with Gasteiger partial charge in [-0.3, -0.25) is 9.69 Å². The minimum absolute atomic E-state index is 0.0701. The van der Waals surface area contributed by atoms with Gasteiger partial charge in [-0.2, -0.15) is 0 Å². The number of piperazine rings is 1. The lowest BCUT2D eigenvalue weighted by Crippen LogP contribution is -2.57. The molecule has 1 fully saturated rings. The van der Waals surface area contributed by atoms with Crippen molar-refractivity contribution in [2.45, 2.75) is 6.04 Å². The number of rotatable bonds is 3. The van der Waals surface area contributed by atoms with Crippen LogP contribution in [0.4, 0.5) is 5.69 Å². The van der Waals surface area contributed by atoms with Crippen LogP contribution in [-0.2, 0) is 4.79 Å². The Kier molecular flexibility index (Phi) is 4.27. The highest BCUT2D eigenvalue weighted by molar-refractivity contribution is 5.82. The van der Waals surface area contributed by atoms with E-state index in [4.69, 9.17) is 4.74 Å². The molecule has 1 amide bonds. The van der Waals surface area contributed by atoms with E-state index in [1.807, 2.05) is 31.3 Å². The predicted octanol–water partition coefficient (Wildman–Crippen LogP) is 0.562. The monoisotopic (exact) mass is 263 g/mol. The molecule has 1 aromatic rings. The molecule has 0 saturated carbocycles. The molecular weight excluding hydrogens is 242 g/mol. The average molecular weight is 263 g/mol. The van der Waals surface area contributed by atoms with Crippen molar-refractivity contribution < 1.29 is 9.53 Å². The van der Waals surface area contributed by atoms with E-state index >= 15 is 0 Å². The molecule has 0 spiro atoms. The fraction of sp³-hybridized carbons (Fsp3) is 0.500. The summed E-state index contributed by atoms with van der Waals surface area (Å²) in [4.78, 5) is 16.2. The summed E-state index contributed by atoms with van der Waals surface area (Å²) in [5.74, 6) is 0.918. The lowest BCUT2D eigenvalue weighted by atomic mass is 10.1. The number of likely N-dealkylation sites (N-methyl/N-ethyl adjacent to an activating group) is 2. The summed E-state index contributed by atoms with van der Waals surface area (Å²) in [5, 5.41) is 2.73. The standard InChI is InChI=1S/C14H21N3O2/c1-15-14(18)13-10-17(9-8-16(13)2)11-4-6-12(19-3)7-5-11/h4-7,13H,8-10H2,1-3H3,(H,15,18). The number of carbonyl (C=O) groups excluding carboxylic acids is 1. The van der Waals surface area contributed by atoms with E-state index in [1.54, 1.807) is 14.2 Å². The maximum Gasteiger partial charge on any atom is 0.238 e. The van der Waals surface area contributed by atoms with Crippen LogP contribution in [0.25, 0.3) is 0 Å². The van der Waals surface area contributed by atoms with E-state index in [-0.39, 0.29) is 11.9 Å². The molecule has 5 heteroatoms. The largest absolute Gasteiger partial charge is 0.497 e. The maximum atomic E-state index is 11.9. The van der Waals surface area contributed by atoms with Gasteiger partial charge in [-0.15, -0.1) is 0 Å². The molecule has 1 aliphatic rings. The molecule has 0 radical (unpaired) electrons. The highest BCUT2D eigenvalue weighted by atomic mass is 16.5. The lowest BCUT2D eigenvalue weighted by molar-refractivity contribution is -0.125. The molecule has 1 aromatic carbocycles. The van der Waals surface area contributed by atoms with Gasteiger partial charge in [0, 0.05) is 32.4 Å². The van der Waals surface area contributed by atoms with Crippen molar-refractivity contribution in [1.29, 1.82) is 0 Å². The van der Waals surface area contributed by atoms with Crippen LogP contribution < -0.4 is 15.0 Å². The molecule has 19 heavy (non-hydrogen) atoms. The first-order valence-electron chi connectivity index (χ1n) is 6.46. The Labute approximate surface area is 114 Å². The van der Waals surface area contributed by atoms with Crippen molar-refractivity contribution in [3.05, 3.63) is 24.3 Å². The van der Waals surface area contributed by atoms with E-state index in [2.05, 4.69) is 15.1 Å². The SMILES string of the molecule is CNC(=O)C1CN(c2ccc(OC)cc2)CCN1C. The molecule has 0 aromatic heterocycles. The van der Waals surface area contributed by atoms with E-state index in [0.717, 1.165) is 24.5 Å². The molecular formula is C14H21N3O2. The highest BCUT2D eigenvalue weighted by Gasteiger charge is 2.29. The van der Waals surface area contributed by atoms with Gasteiger partial charge in [0.25, 0.3) is 0 Å². The zero-order chi connectivity index (χ0) is 13.8. The predicted molar refractivity (Wildman–Crippen MR) is 75.7 cm³/mol. The number of hydrogen-bond donors (Lipinski definition) is 1. The third-order valence-corrected chi connectivity index (χ3v) is 3.63. The van der Waals surface area contributed by atoms with Gasteiger partial charge in [-0.05, 0) is 31.3 Å². The quantitative estimate of drug-likeness (QED) is 0.865. The van der Waals surface area contributed by atoms with Crippen LogP contribution in [0.1, 0.15) is 0 Å². The van der Waals surface area contributed by atoms with E-state index in [9.17, 15) is 4.79 Å². The zero-order valence-corrected chi connectivity index (χ0v) is 11.7. The Morgan fingerprint density at radius 2 is 2.00 bits per heavy atom. The lowest BCUT2D eigenvalue weighted by Gasteiger charge is -2.39. The minimum atomic E-state index is -0.0964. The zero-order valence-electron chi connectivity index (χ0n) is 11.7. The van der Waals surface area contributed by atoms with Crippen molar-refractivity contribution in [3.8, 4) is 5.75 Å². The second kappa shape index (κ2) is 5.93. The smallest absolute Gasteiger partial charge is 0.238 e. The number of hydrogen-bond acceptors (Lipinski definition) is 4. The third-order valence-electron chi connectivity index (χ3n) is 3.63. The Balaban J connectivity index is 2.10. The summed E-state index contributed by atoms with van der Waals surface area (Å²) in [6, 6.07) is 7.86. The molecule has 1 N–H and O–H groups in total. The number of methoxy groups -OCH3 is 1. The summed E-state index contributed by atoms with van der Waals surface area (Å²) < 4.78 is 5.16. The first kappa shape index (κ1) is 13.7. The minimum Gasteiger partial charge on any atom is -0.497 e. The van der Waals surface area contributed by atoms with Crippen molar-refractivity contribution in [3.63, 3.8) is 0 Å². The van der Waals surface area contributed by atoms with Gasteiger partial charge in [-0.1, -0.05) is 0 Å². The molecule has 104 valence electrons. The number of anilines is 1. The van der Waals surface area contributed by atoms with Crippen molar-refractivity contribution in [2.24, 2.45) is 0 Å². The van der Waals surface area contributed by atoms with Gasteiger partial charge in [0.1, 0.15) is 11.8 Å². The number of carbonyl (C=O) groups is 1. The molecule has 0 aliphatic carbocycles. The van der Waals surface area contributed by atoms with E-state index in [1.165, 1.54) is 0 Å². The molecule has 1 aliphatic heterocycles. The molecule has 5 nitrogen and oxygen atoms in total. The third kappa shape index (κ3) is 2.98. The summed E-state index contributed by atoms with van der Waals surface area (Å²) in [6.45, 7) is 2.52. The fourth-order valence-electron chi connectivity index (χ4n) is 2.35. The van der Waals surface area contributed by atoms with Gasteiger partial charge in [-0.25, -0.2) is 0 Å². The maximum absolute atomic E-state index is 11.9. The topological polar surface area (TPSA) is 44.8 Å². The Hall–Kier alpha value is -1.75. The Morgan fingerprint density at radius 1 is 1.32 bits per heavy atom. The number of nitrogens with one attached hydrogen (secondary N) is 1. The van der Waals surface area contributed by atoms with E-state index in [0.29, 0.717) is 6.54 Å². The van der Waals surface area contributed by atoms with Crippen LogP contribution in [0.5, 0.6) is 5.75 Å². The van der Waals surface area contributed by atoms with Gasteiger partial charge in [0.15, 0.2) is 0 Å². The highest BCUT2D eigenvalue weighted by Crippen LogP contribution is 2.21. The second-order valence-corrected chi connectivity index (χ2v) is 4.75.